The zero-order chi connectivity index (χ0) is 27.6. The van der Waals surface area contributed by atoms with Crippen LogP contribution in [0.4, 0.5) is 4.79 Å². The fourth-order valence-corrected chi connectivity index (χ4v) is 4.72. The summed E-state index contributed by atoms with van der Waals surface area (Å²) < 4.78 is 16.2. The fourth-order valence-electron chi connectivity index (χ4n) is 4.72. The largest absolute Gasteiger partial charge is 0.497 e. The monoisotopic (exact) mass is 537 g/mol. The zero-order valence-corrected chi connectivity index (χ0v) is 23.1. The van der Waals surface area contributed by atoms with Gasteiger partial charge in [-0.15, -0.1) is 0 Å². The molecule has 2 aliphatic heterocycles. The first-order chi connectivity index (χ1) is 19.0. The number of hydrogen-bond acceptors (Lipinski definition) is 7. The molecule has 0 radical (unpaired) electrons. The molecule has 0 aliphatic carbocycles. The molecule has 10 nitrogen and oxygen atoms in total. The number of amides is 3. The highest BCUT2D eigenvalue weighted by atomic mass is 16.5. The second-order valence-corrected chi connectivity index (χ2v) is 9.62. The molecule has 0 aromatic heterocycles. The minimum atomic E-state index is -0.301. The van der Waals surface area contributed by atoms with Crippen LogP contribution in [0, 0.1) is 0 Å². The van der Waals surface area contributed by atoms with Gasteiger partial charge in [0.25, 0.3) is 5.91 Å². The van der Waals surface area contributed by atoms with Crippen molar-refractivity contribution in [2.24, 2.45) is 5.10 Å². The predicted molar refractivity (Wildman–Crippen MR) is 149 cm³/mol. The topological polar surface area (TPSA) is 95.9 Å². The van der Waals surface area contributed by atoms with Crippen LogP contribution in [0.2, 0.25) is 0 Å². The Labute approximate surface area is 230 Å². The molecule has 2 aliphatic rings. The van der Waals surface area contributed by atoms with Gasteiger partial charge in [0.05, 0.1) is 39.2 Å². The summed E-state index contributed by atoms with van der Waals surface area (Å²) in [4.78, 5) is 30.7. The Morgan fingerprint density at radius 1 is 1.08 bits per heavy atom. The van der Waals surface area contributed by atoms with E-state index in [1.54, 1.807) is 19.1 Å². The molecular weight excluding hydrogens is 498 g/mol. The van der Waals surface area contributed by atoms with E-state index < -0.39 is 0 Å². The van der Waals surface area contributed by atoms with Gasteiger partial charge >= 0.3 is 6.03 Å². The van der Waals surface area contributed by atoms with E-state index in [-0.39, 0.29) is 24.5 Å². The first-order valence-corrected chi connectivity index (χ1v) is 13.5. The van der Waals surface area contributed by atoms with Gasteiger partial charge in [-0.1, -0.05) is 31.2 Å². The number of urea groups is 1. The van der Waals surface area contributed by atoms with Crippen LogP contribution < -0.4 is 14.8 Å². The Bertz CT molecular complexity index is 1130. The summed E-state index contributed by atoms with van der Waals surface area (Å²) in [6.07, 6.45) is 1.36. The minimum absolute atomic E-state index is 0.0680. The number of nitrogens with zero attached hydrogens (tertiary/aromatic N) is 4. The molecule has 0 spiro atoms. The van der Waals surface area contributed by atoms with Crippen molar-refractivity contribution in [3.63, 3.8) is 0 Å². The van der Waals surface area contributed by atoms with Gasteiger partial charge < -0.3 is 24.4 Å². The number of hydrogen-bond donors (Lipinski definition) is 1. The molecule has 10 heteroatoms. The van der Waals surface area contributed by atoms with Crippen molar-refractivity contribution in [1.29, 1.82) is 0 Å². The Morgan fingerprint density at radius 2 is 1.82 bits per heavy atom. The molecule has 0 bridgehead atoms. The average Bonchev–Trinajstić information content (AvgIpc) is 3.44. The van der Waals surface area contributed by atoms with Crippen molar-refractivity contribution in [1.82, 2.24) is 20.1 Å². The molecule has 1 fully saturated rings. The number of hydrazone groups is 1. The van der Waals surface area contributed by atoms with Gasteiger partial charge in [0.1, 0.15) is 18.0 Å². The smallest absolute Gasteiger partial charge is 0.317 e. The van der Waals surface area contributed by atoms with Gasteiger partial charge in [0.15, 0.2) is 0 Å². The number of carbonyl (C=O) groups is 2. The number of nitrogens with one attached hydrogen (secondary N) is 1. The first kappa shape index (κ1) is 28.4. The van der Waals surface area contributed by atoms with E-state index in [2.05, 4.69) is 10.2 Å². The maximum atomic E-state index is 13.8. The highest BCUT2D eigenvalue weighted by Crippen LogP contribution is 2.34. The summed E-state index contributed by atoms with van der Waals surface area (Å²) in [5, 5.41) is 9.25. The van der Waals surface area contributed by atoms with Crippen molar-refractivity contribution < 1.29 is 23.8 Å². The average molecular weight is 538 g/mol. The van der Waals surface area contributed by atoms with Crippen molar-refractivity contribution in [3.05, 3.63) is 59.7 Å². The number of morpholine rings is 1. The molecule has 39 heavy (non-hydrogen) atoms. The molecule has 1 N–H and O–H groups in total. The normalized spacial score (nSPS) is 17.5. The Morgan fingerprint density at radius 3 is 2.51 bits per heavy atom. The lowest BCUT2D eigenvalue weighted by atomic mass is 9.98. The molecule has 0 saturated carbocycles. The first-order valence-electron chi connectivity index (χ1n) is 13.5. The lowest BCUT2D eigenvalue weighted by Crippen LogP contribution is -2.49. The number of carbonyl (C=O) groups excluding carboxylic acids is 2. The third-order valence-corrected chi connectivity index (χ3v) is 7.00. The number of ether oxygens (including phenoxy) is 3. The van der Waals surface area contributed by atoms with E-state index in [4.69, 9.17) is 19.3 Å². The van der Waals surface area contributed by atoms with Crippen LogP contribution in [0.5, 0.6) is 11.5 Å². The summed E-state index contributed by atoms with van der Waals surface area (Å²) in [5.74, 6) is 1.23. The van der Waals surface area contributed by atoms with E-state index in [0.29, 0.717) is 39.3 Å². The molecule has 4 rings (SSSR count). The van der Waals surface area contributed by atoms with Gasteiger partial charge in [0.2, 0.25) is 0 Å². The maximum absolute atomic E-state index is 13.8. The van der Waals surface area contributed by atoms with Crippen molar-refractivity contribution in [3.8, 4) is 11.5 Å². The SMILES string of the molecule is CCCNC(=O)N(CCN1CCOCC1)CC(=O)N1N=C(c2cccc(OC)c2)C[C@H]1c1ccc(OC)cc1. The molecular formula is C29H39N5O5. The fraction of sp³-hybridized carbons (Fsp3) is 0.483. The van der Waals surface area contributed by atoms with Crippen LogP contribution >= 0.6 is 0 Å². The molecule has 210 valence electrons. The van der Waals surface area contributed by atoms with Crippen molar-refractivity contribution in [2.75, 3.05) is 66.7 Å². The van der Waals surface area contributed by atoms with Gasteiger partial charge in [-0.3, -0.25) is 9.69 Å². The predicted octanol–water partition coefficient (Wildman–Crippen LogP) is 3.14. The third-order valence-electron chi connectivity index (χ3n) is 7.00. The lowest BCUT2D eigenvalue weighted by Gasteiger charge is -2.31. The van der Waals surface area contributed by atoms with Crippen LogP contribution in [0.15, 0.2) is 53.6 Å². The summed E-state index contributed by atoms with van der Waals surface area (Å²) >= 11 is 0. The van der Waals surface area contributed by atoms with Gasteiger partial charge in [-0.25, -0.2) is 9.80 Å². The number of rotatable bonds is 11. The van der Waals surface area contributed by atoms with Gasteiger partial charge in [-0.2, -0.15) is 5.10 Å². The molecule has 3 amide bonds. The van der Waals surface area contributed by atoms with Crippen molar-refractivity contribution >= 4 is 17.6 Å². The third kappa shape index (κ3) is 7.48. The van der Waals surface area contributed by atoms with E-state index >= 15 is 0 Å². The zero-order valence-electron chi connectivity index (χ0n) is 23.1. The molecule has 0 unspecified atom stereocenters. The van der Waals surface area contributed by atoms with E-state index in [1.165, 1.54) is 5.01 Å². The summed E-state index contributed by atoms with van der Waals surface area (Å²) in [6, 6.07) is 14.8. The van der Waals surface area contributed by atoms with Crippen LogP contribution in [0.1, 0.15) is 36.9 Å². The van der Waals surface area contributed by atoms with Crippen LogP contribution in [-0.4, -0.2) is 99.2 Å². The molecule has 2 aromatic rings. The summed E-state index contributed by atoms with van der Waals surface area (Å²) in [6.45, 7) is 6.60. The molecule has 2 heterocycles. The minimum Gasteiger partial charge on any atom is -0.497 e. The second kappa shape index (κ2) is 14.0. The highest BCUT2D eigenvalue weighted by molar-refractivity contribution is 6.03. The molecule has 2 aromatic carbocycles. The van der Waals surface area contributed by atoms with Crippen molar-refractivity contribution in [2.45, 2.75) is 25.8 Å². The quantitative estimate of drug-likeness (QED) is 0.473. The number of methoxy groups -OCH3 is 2. The Hall–Kier alpha value is -3.63. The van der Waals surface area contributed by atoms with E-state index in [9.17, 15) is 9.59 Å². The standard InChI is InChI=1S/C29H39N5O5/c1-4-12-30-29(36)33(14-13-32-15-17-39-18-16-32)21-28(35)34-27(22-8-10-24(37-2)11-9-22)20-26(31-34)23-6-5-7-25(19-23)38-3/h5-11,19,27H,4,12-18,20-21H2,1-3H3,(H,30,36)/t27-/m0/s1. The van der Waals surface area contributed by atoms with Crippen LogP contribution in [0.25, 0.3) is 0 Å². The van der Waals surface area contributed by atoms with Crippen LogP contribution in [-0.2, 0) is 9.53 Å². The summed E-state index contributed by atoms with van der Waals surface area (Å²) in [5.41, 5.74) is 2.63. The Kier molecular flexibility index (Phi) is 10.2. The Balaban J connectivity index is 1.56. The van der Waals surface area contributed by atoms with Crippen LogP contribution in [0.3, 0.4) is 0 Å². The van der Waals surface area contributed by atoms with E-state index in [1.807, 2.05) is 55.5 Å². The molecule has 1 saturated heterocycles. The highest BCUT2D eigenvalue weighted by Gasteiger charge is 2.34. The second-order valence-electron chi connectivity index (χ2n) is 9.62. The maximum Gasteiger partial charge on any atom is 0.317 e. The van der Waals surface area contributed by atoms with Gasteiger partial charge in [-0.05, 0) is 36.2 Å². The lowest BCUT2D eigenvalue weighted by molar-refractivity contribution is -0.133. The van der Waals surface area contributed by atoms with E-state index in [0.717, 1.165) is 47.8 Å². The number of benzene rings is 2. The molecule has 1 atom stereocenters. The summed E-state index contributed by atoms with van der Waals surface area (Å²) in [7, 11) is 3.25. The van der Waals surface area contributed by atoms with Gasteiger partial charge in [0, 0.05) is 44.7 Å².